The number of benzene rings is 3. The summed E-state index contributed by atoms with van der Waals surface area (Å²) in [6, 6.07) is 25.1. The number of hydrogen-bond acceptors (Lipinski definition) is 4. The molecule has 0 aromatic heterocycles. The molecular weight excluding hydrogens is 416 g/mol. The first-order valence-electron chi connectivity index (χ1n) is 9.52. The molecule has 3 rings (SSSR count). The summed E-state index contributed by atoms with van der Waals surface area (Å²) in [4.78, 5) is 12.5. The van der Waals surface area contributed by atoms with Crippen LogP contribution < -0.4 is 9.62 Å². The zero-order valence-corrected chi connectivity index (χ0v) is 18.3. The molecule has 3 aromatic carbocycles. The highest BCUT2D eigenvalue weighted by atomic mass is 32.2. The molecule has 0 unspecified atom stereocenters. The molecule has 7 heteroatoms. The zero-order valence-electron chi connectivity index (χ0n) is 16.7. The Labute approximate surface area is 182 Å². The predicted octanol–water partition coefficient (Wildman–Crippen LogP) is 4.17. The van der Waals surface area contributed by atoms with Gasteiger partial charge in [0, 0.05) is 30.7 Å². The van der Waals surface area contributed by atoms with Crippen LogP contribution in [0.1, 0.15) is 15.9 Å². The average molecular weight is 441 g/mol. The quantitative estimate of drug-likeness (QED) is 0.507. The van der Waals surface area contributed by atoms with Crippen LogP contribution in [-0.2, 0) is 15.8 Å². The molecule has 3 aromatic rings. The standard InChI is InChI=1S/C23H24N2O3S2/c1-25(21-10-6-3-7-11-21)30(27,28)22-14-12-20(13-15-22)23(26)24-16-17-29-18-19-8-4-2-5-9-19/h2-15H,16-18H2,1H3,(H,24,26). The number of hydrogen-bond donors (Lipinski definition) is 1. The lowest BCUT2D eigenvalue weighted by atomic mass is 10.2. The maximum absolute atomic E-state index is 12.8. The normalized spacial score (nSPS) is 11.1. The zero-order chi connectivity index (χ0) is 21.4. The third kappa shape index (κ3) is 5.64. The van der Waals surface area contributed by atoms with Gasteiger partial charge in [0.15, 0.2) is 0 Å². The molecule has 0 saturated heterocycles. The van der Waals surface area contributed by atoms with Gasteiger partial charge in [-0.15, -0.1) is 0 Å². The van der Waals surface area contributed by atoms with E-state index in [4.69, 9.17) is 0 Å². The Kier molecular flexibility index (Phi) is 7.54. The maximum atomic E-state index is 12.8. The third-order valence-electron chi connectivity index (χ3n) is 4.54. The van der Waals surface area contributed by atoms with Gasteiger partial charge in [-0.1, -0.05) is 48.5 Å². The van der Waals surface area contributed by atoms with E-state index < -0.39 is 10.0 Å². The number of rotatable bonds is 9. The lowest BCUT2D eigenvalue weighted by Crippen LogP contribution is -2.27. The van der Waals surface area contributed by atoms with E-state index in [1.54, 1.807) is 36.0 Å². The van der Waals surface area contributed by atoms with Gasteiger partial charge in [0.05, 0.1) is 10.6 Å². The summed E-state index contributed by atoms with van der Waals surface area (Å²) in [5.74, 6) is 1.49. The number of anilines is 1. The van der Waals surface area contributed by atoms with Crippen LogP contribution in [0.15, 0.2) is 89.8 Å². The molecule has 0 aliphatic heterocycles. The first kappa shape index (κ1) is 21.9. The van der Waals surface area contributed by atoms with Gasteiger partial charge in [0.1, 0.15) is 0 Å². The average Bonchev–Trinajstić information content (AvgIpc) is 2.79. The third-order valence-corrected chi connectivity index (χ3v) is 7.37. The second-order valence-electron chi connectivity index (χ2n) is 6.63. The minimum absolute atomic E-state index is 0.142. The Morgan fingerprint density at radius 1 is 0.900 bits per heavy atom. The van der Waals surface area contributed by atoms with Crippen molar-refractivity contribution in [3.63, 3.8) is 0 Å². The summed E-state index contributed by atoms with van der Waals surface area (Å²) in [6.45, 7) is 0.549. The Bertz CT molecular complexity index is 1050. The molecule has 0 bridgehead atoms. The van der Waals surface area contributed by atoms with Crippen molar-refractivity contribution in [1.82, 2.24) is 5.32 Å². The predicted molar refractivity (Wildman–Crippen MR) is 123 cm³/mol. The van der Waals surface area contributed by atoms with Crippen LogP contribution in [0, 0.1) is 0 Å². The number of thioether (sulfide) groups is 1. The summed E-state index contributed by atoms with van der Waals surface area (Å²) in [5.41, 5.74) is 2.27. The topological polar surface area (TPSA) is 66.5 Å². The Morgan fingerprint density at radius 3 is 2.13 bits per heavy atom. The van der Waals surface area contributed by atoms with Crippen molar-refractivity contribution in [3.05, 3.63) is 96.1 Å². The van der Waals surface area contributed by atoms with Crippen LogP contribution >= 0.6 is 11.8 Å². The fraction of sp³-hybridized carbons (Fsp3) is 0.174. The van der Waals surface area contributed by atoms with Crippen LogP contribution in [0.3, 0.4) is 0 Å². The van der Waals surface area contributed by atoms with Crippen molar-refractivity contribution in [1.29, 1.82) is 0 Å². The molecule has 0 fully saturated rings. The molecule has 0 spiro atoms. The van der Waals surface area contributed by atoms with Gasteiger partial charge in [-0.25, -0.2) is 8.42 Å². The van der Waals surface area contributed by atoms with Gasteiger partial charge in [-0.3, -0.25) is 9.10 Å². The minimum atomic E-state index is -3.69. The number of nitrogens with zero attached hydrogens (tertiary/aromatic N) is 1. The molecule has 0 aliphatic carbocycles. The summed E-state index contributed by atoms with van der Waals surface area (Å²) in [7, 11) is -2.17. The van der Waals surface area contributed by atoms with Crippen molar-refractivity contribution in [2.45, 2.75) is 10.6 Å². The van der Waals surface area contributed by atoms with Gasteiger partial charge in [0.25, 0.3) is 15.9 Å². The monoisotopic (exact) mass is 440 g/mol. The van der Waals surface area contributed by atoms with Crippen LogP contribution in [-0.4, -0.2) is 33.7 Å². The Balaban J connectivity index is 1.52. The molecule has 1 amide bonds. The highest BCUT2D eigenvalue weighted by Crippen LogP contribution is 2.22. The van der Waals surface area contributed by atoms with E-state index in [1.807, 2.05) is 24.3 Å². The van der Waals surface area contributed by atoms with Gasteiger partial charge in [-0.05, 0) is 42.0 Å². The van der Waals surface area contributed by atoms with E-state index in [1.165, 1.54) is 41.2 Å². The number of nitrogens with one attached hydrogen (secondary N) is 1. The number of amides is 1. The molecule has 0 heterocycles. The SMILES string of the molecule is CN(c1ccccc1)S(=O)(=O)c1ccc(C(=O)NCCSCc2ccccc2)cc1. The summed E-state index contributed by atoms with van der Waals surface area (Å²) in [6.07, 6.45) is 0. The van der Waals surface area contributed by atoms with E-state index in [0.717, 1.165) is 11.5 Å². The molecular formula is C23H24N2O3S2. The van der Waals surface area contributed by atoms with Crippen molar-refractivity contribution in [2.75, 3.05) is 23.7 Å². The molecule has 0 aliphatic rings. The highest BCUT2D eigenvalue weighted by molar-refractivity contribution is 7.98. The molecule has 156 valence electrons. The molecule has 1 N–H and O–H groups in total. The van der Waals surface area contributed by atoms with Crippen molar-refractivity contribution in [3.8, 4) is 0 Å². The fourth-order valence-electron chi connectivity index (χ4n) is 2.82. The van der Waals surface area contributed by atoms with Gasteiger partial charge in [-0.2, -0.15) is 11.8 Å². The number of carbonyl (C=O) groups is 1. The summed E-state index contributed by atoms with van der Waals surface area (Å²) >= 11 is 1.75. The molecule has 0 radical (unpaired) electrons. The first-order chi connectivity index (χ1) is 14.5. The lowest BCUT2D eigenvalue weighted by molar-refractivity contribution is 0.0956. The number of carbonyl (C=O) groups excluding carboxylic acids is 1. The van der Waals surface area contributed by atoms with Gasteiger partial charge < -0.3 is 5.32 Å². The van der Waals surface area contributed by atoms with Crippen LogP contribution in [0.4, 0.5) is 5.69 Å². The van der Waals surface area contributed by atoms with E-state index in [-0.39, 0.29) is 10.8 Å². The Morgan fingerprint density at radius 2 is 1.50 bits per heavy atom. The lowest BCUT2D eigenvalue weighted by Gasteiger charge is -2.19. The van der Waals surface area contributed by atoms with Crippen molar-refractivity contribution < 1.29 is 13.2 Å². The largest absolute Gasteiger partial charge is 0.351 e. The van der Waals surface area contributed by atoms with Crippen molar-refractivity contribution >= 4 is 33.4 Å². The van der Waals surface area contributed by atoms with E-state index >= 15 is 0 Å². The molecule has 0 saturated carbocycles. The van der Waals surface area contributed by atoms with Crippen LogP contribution in [0.2, 0.25) is 0 Å². The maximum Gasteiger partial charge on any atom is 0.264 e. The van der Waals surface area contributed by atoms with Crippen LogP contribution in [0.25, 0.3) is 0 Å². The molecule has 0 atom stereocenters. The summed E-state index contributed by atoms with van der Waals surface area (Å²) < 4.78 is 26.8. The van der Waals surface area contributed by atoms with E-state index in [0.29, 0.717) is 17.8 Å². The van der Waals surface area contributed by atoms with Crippen molar-refractivity contribution in [2.24, 2.45) is 0 Å². The van der Waals surface area contributed by atoms with Crippen LogP contribution in [0.5, 0.6) is 0 Å². The Hall–Kier alpha value is -2.77. The minimum Gasteiger partial charge on any atom is -0.351 e. The number of sulfonamides is 1. The fourth-order valence-corrected chi connectivity index (χ4v) is 4.83. The highest BCUT2D eigenvalue weighted by Gasteiger charge is 2.21. The van der Waals surface area contributed by atoms with E-state index in [2.05, 4.69) is 17.4 Å². The second kappa shape index (κ2) is 10.3. The first-order valence-corrected chi connectivity index (χ1v) is 12.1. The van der Waals surface area contributed by atoms with E-state index in [9.17, 15) is 13.2 Å². The molecule has 5 nitrogen and oxygen atoms in total. The summed E-state index contributed by atoms with van der Waals surface area (Å²) in [5, 5.41) is 2.87. The van der Waals surface area contributed by atoms with Gasteiger partial charge in [0.2, 0.25) is 0 Å². The van der Waals surface area contributed by atoms with Gasteiger partial charge >= 0.3 is 0 Å². The molecule has 30 heavy (non-hydrogen) atoms. The number of para-hydroxylation sites is 1. The second-order valence-corrected chi connectivity index (χ2v) is 9.70. The smallest absolute Gasteiger partial charge is 0.264 e.